The molecule has 0 amide bonds. The van der Waals surface area contributed by atoms with Gasteiger partial charge in [-0.25, -0.2) is 0 Å². The van der Waals surface area contributed by atoms with Gasteiger partial charge in [0.1, 0.15) is 11.9 Å². The summed E-state index contributed by atoms with van der Waals surface area (Å²) in [5, 5.41) is 14.4. The lowest BCUT2D eigenvalue weighted by Crippen LogP contribution is -2.08. The van der Waals surface area contributed by atoms with Crippen LogP contribution in [0.25, 0.3) is 0 Å². The van der Waals surface area contributed by atoms with E-state index < -0.39 is 6.10 Å². The summed E-state index contributed by atoms with van der Waals surface area (Å²) >= 11 is 0. The third-order valence-corrected chi connectivity index (χ3v) is 2.68. The van der Waals surface area contributed by atoms with E-state index >= 15 is 0 Å². The van der Waals surface area contributed by atoms with Gasteiger partial charge in [-0.1, -0.05) is 12.1 Å². The zero-order valence-corrected chi connectivity index (χ0v) is 10.9. The van der Waals surface area contributed by atoms with Crippen LogP contribution in [0, 0.1) is 0 Å². The van der Waals surface area contributed by atoms with E-state index in [0.29, 0.717) is 0 Å². The minimum Gasteiger partial charge on any atom is -0.491 e. The van der Waals surface area contributed by atoms with Crippen molar-refractivity contribution in [3.63, 3.8) is 0 Å². The maximum atomic E-state index is 10.3. The number of ether oxygens (including phenoxy) is 1. The fourth-order valence-corrected chi connectivity index (χ4v) is 1.85. The number of nitrogens with zero attached hydrogens (tertiary/aromatic N) is 2. The summed E-state index contributed by atoms with van der Waals surface area (Å²) < 4.78 is 7.29. The highest BCUT2D eigenvalue weighted by Gasteiger charge is 2.14. The van der Waals surface area contributed by atoms with Crippen LogP contribution >= 0.6 is 0 Å². The molecular weight excluding hydrogens is 228 g/mol. The van der Waals surface area contributed by atoms with Crippen molar-refractivity contribution < 1.29 is 9.84 Å². The van der Waals surface area contributed by atoms with E-state index in [9.17, 15) is 5.11 Å². The molecule has 1 aromatic heterocycles. The summed E-state index contributed by atoms with van der Waals surface area (Å²) in [6, 6.07) is 9.31. The number of aryl methyl sites for hydroxylation is 1. The molecule has 0 spiro atoms. The van der Waals surface area contributed by atoms with E-state index in [-0.39, 0.29) is 6.10 Å². The highest BCUT2D eigenvalue weighted by atomic mass is 16.5. The molecule has 0 aliphatic carbocycles. The van der Waals surface area contributed by atoms with Crippen LogP contribution in [0.2, 0.25) is 0 Å². The Kier molecular flexibility index (Phi) is 3.67. The number of aromatic nitrogens is 2. The molecule has 0 radical (unpaired) electrons. The van der Waals surface area contributed by atoms with Gasteiger partial charge in [0.25, 0.3) is 0 Å². The molecule has 1 aromatic carbocycles. The molecule has 0 bridgehead atoms. The average molecular weight is 246 g/mol. The number of aliphatic hydroxyl groups is 1. The first-order chi connectivity index (χ1) is 8.58. The molecular formula is C14H18N2O2. The fourth-order valence-electron chi connectivity index (χ4n) is 1.85. The van der Waals surface area contributed by atoms with Crippen molar-refractivity contribution in [2.45, 2.75) is 26.1 Å². The third kappa shape index (κ3) is 2.71. The summed E-state index contributed by atoms with van der Waals surface area (Å²) in [5.74, 6) is 0.767. The highest BCUT2D eigenvalue weighted by molar-refractivity contribution is 5.33. The SMILES string of the molecule is CC(C)Oc1cccc(C(O)c2ccnn2C)c1. The molecule has 0 saturated heterocycles. The first-order valence-corrected chi connectivity index (χ1v) is 6.00. The number of rotatable bonds is 4. The monoisotopic (exact) mass is 246 g/mol. The zero-order chi connectivity index (χ0) is 13.1. The Bertz CT molecular complexity index is 520. The van der Waals surface area contributed by atoms with Gasteiger partial charge in [-0.2, -0.15) is 5.10 Å². The standard InChI is InChI=1S/C14H18N2O2/c1-10(2)18-12-6-4-5-11(9-12)14(17)13-7-8-15-16(13)3/h4-10,14,17H,1-3H3. The molecule has 18 heavy (non-hydrogen) atoms. The number of aliphatic hydroxyl groups excluding tert-OH is 1. The molecule has 1 heterocycles. The maximum Gasteiger partial charge on any atom is 0.121 e. The van der Waals surface area contributed by atoms with Crippen molar-refractivity contribution >= 4 is 0 Å². The number of hydrogen-bond acceptors (Lipinski definition) is 3. The second-order valence-electron chi connectivity index (χ2n) is 4.52. The van der Waals surface area contributed by atoms with Crippen LogP contribution < -0.4 is 4.74 Å². The summed E-state index contributed by atoms with van der Waals surface area (Å²) in [6.45, 7) is 3.95. The largest absolute Gasteiger partial charge is 0.491 e. The van der Waals surface area contributed by atoms with Crippen molar-refractivity contribution in [3.8, 4) is 5.75 Å². The van der Waals surface area contributed by atoms with E-state index in [0.717, 1.165) is 17.0 Å². The molecule has 4 nitrogen and oxygen atoms in total. The fraction of sp³-hybridized carbons (Fsp3) is 0.357. The van der Waals surface area contributed by atoms with Crippen LogP contribution in [0.5, 0.6) is 5.75 Å². The summed E-state index contributed by atoms with van der Waals surface area (Å²) in [7, 11) is 1.81. The summed E-state index contributed by atoms with van der Waals surface area (Å²) in [5.41, 5.74) is 1.56. The van der Waals surface area contributed by atoms with Gasteiger partial charge >= 0.3 is 0 Å². The van der Waals surface area contributed by atoms with E-state index in [4.69, 9.17) is 4.74 Å². The molecule has 0 aliphatic rings. The maximum absolute atomic E-state index is 10.3. The lowest BCUT2D eigenvalue weighted by molar-refractivity contribution is 0.207. The second-order valence-corrected chi connectivity index (χ2v) is 4.52. The van der Waals surface area contributed by atoms with Crippen molar-refractivity contribution in [3.05, 3.63) is 47.8 Å². The zero-order valence-electron chi connectivity index (χ0n) is 10.9. The number of benzene rings is 1. The molecule has 0 fully saturated rings. The van der Waals surface area contributed by atoms with Crippen LogP contribution in [0.3, 0.4) is 0 Å². The Morgan fingerprint density at radius 2 is 2.06 bits per heavy atom. The minimum absolute atomic E-state index is 0.120. The molecule has 1 N–H and O–H groups in total. The smallest absolute Gasteiger partial charge is 0.121 e. The lowest BCUT2D eigenvalue weighted by Gasteiger charge is -2.14. The van der Waals surface area contributed by atoms with Gasteiger partial charge in [0.2, 0.25) is 0 Å². The first-order valence-electron chi connectivity index (χ1n) is 6.00. The Morgan fingerprint density at radius 1 is 1.28 bits per heavy atom. The summed E-state index contributed by atoms with van der Waals surface area (Å²) in [4.78, 5) is 0. The Hall–Kier alpha value is -1.81. The normalized spacial score (nSPS) is 12.7. The third-order valence-electron chi connectivity index (χ3n) is 2.68. The van der Waals surface area contributed by atoms with E-state index in [1.807, 2.05) is 45.2 Å². The molecule has 0 saturated carbocycles. The summed E-state index contributed by atoms with van der Waals surface area (Å²) in [6.07, 6.45) is 1.11. The van der Waals surface area contributed by atoms with E-state index in [1.54, 1.807) is 16.9 Å². The van der Waals surface area contributed by atoms with E-state index in [2.05, 4.69) is 5.10 Å². The molecule has 2 aromatic rings. The van der Waals surface area contributed by atoms with Crippen LogP contribution in [0.4, 0.5) is 0 Å². The molecule has 4 heteroatoms. The highest BCUT2D eigenvalue weighted by Crippen LogP contribution is 2.24. The Morgan fingerprint density at radius 3 is 2.67 bits per heavy atom. The average Bonchev–Trinajstić information content (AvgIpc) is 2.74. The van der Waals surface area contributed by atoms with Crippen molar-refractivity contribution in [1.82, 2.24) is 9.78 Å². The van der Waals surface area contributed by atoms with Gasteiger partial charge in [-0.05, 0) is 37.6 Å². The van der Waals surface area contributed by atoms with Gasteiger partial charge in [-0.3, -0.25) is 4.68 Å². The topological polar surface area (TPSA) is 47.3 Å². The van der Waals surface area contributed by atoms with Crippen molar-refractivity contribution in [2.24, 2.45) is 7.05 Å². The van der Waals surface area contributed by atoms with Crippen molar-refractivity contribution in [2.75, 3.05) is 0 Å². The first kappa shape index (κ1) is 12.6. The van der Waals surface area contributed by atoms with Crippen LogP contribution in [0.1, 0.15) is 31.2 Å². The Balaban J connectivity index is 2.25. The van der Waals surface area contributed by atoms with Gasteiger partial charge < -0.3 is 9.84 Å². The van der Waals surface area contributed by atoms with Crippen LogP contribution in [0.15, 0.2) is 36.5 Å². The molecule has 96 valence electrons. The minimum atomic E-state index is -0.687. The second kappa shape index (κ2) is 5.23. The number of hydrogen-bond donors (Lipinski definition) is 1. The lowest BCUT2D eigenvalue weighted by atomic mass is 10.1. The quantitative estimate of drug-likeness (QED) is 0.900. The van der Waals surface area contributed by atoms with Crippen LogP contribution in [-0.4, -0.2) is 21.0 Å². The Labute approximate surface area is 107 Å². The van der Waals surface area contributed by atoms with Crippen molar-refractivity contribution in [1.29, 1.82) is 0 Å². The van der Waals surface area contributed by atoms with Gasteiger partial charge in [0.15, 0.2) is 0 Å². The van der Waals surface area contributed by atoms with Crippen LogP contribution in [-0.2, 0) is 7.05 Å². The predicted molar refractivity (Wildman–Crippen MR) is 69.5 cm³/mol. The molecule has 2 rings (SSSR count). The molecule has 1 atom stereocenters. The molecule has 0 aliphatic heterocycles. The predicted octanol–water partition coefficient (Wildman–Crippen LogP) is 2.29. The van der Waals surface area contributed by atoms with E-state index in [1.165, 1.54) is 0 Å². The molecule has 1 unspecified atom stereocenters. The van der Waals surface area contributed by atoms with Gasteiger partial charge in [-0.15, -0.1) is 0 Å². The van der Waals surface area contributed by atoms with Gasteiger partial charge in [0, 0.05) is 13.2 Å². The van der Waals surface area contributed by atoms with Gasteiger partial charge in [0.05, 0.1) is 11.8 Å².